The van der Waals surface area contributed by atoms with Crippen molar-refractivity contribution < 1.29 is 14.3 Å². The molecule has 0 unspecified atom stereocenters. The fourth-order valence-corrected chi connectivity index (χ4v) is 2.19. The lowest BCUT2D eigenvalue weighted by Crippen LogP contribution is -2.30. The van der Waals surface area contributed by atoms with E-state index in [1.165, 1.54) is 0 Å². The molecule has 0 aliphatic heterocycles. The molecule has 2 rings (SSSR count). The number of rotatable bonds is 7. The number of nitrogens with one attached hydrogen (secondary N) is 1. The minimum absolute atomic E-state index is 0.00328. The third-order valence-electron chi connectivity index (χ3n) is 3.07. The van der Waals surface area contributed by atoms with Gasteiger partial charge in [-0.3, -0.25) is 4.79 Å². The molecule has 2 aromatic rings. The van der Waals surface area contributed by atoms with E-state index < -0.39 is 0 Å². The molecular weight excluding hydrogens is 302 g/mol. The normalized spacial score (nSPS) is 10.1. The number of halogens is 1. The molecule has 0 aliphatic carbocycles. The highest BCUT2D eigenvalue weighted by Gasteiger charge is 2.06. The minimum Gasteiger partial charge on any atom is -0.496 e. The van der Waals surface area contributed by atoms with Crippen molar-refractivity contribution in [3.8, 4) is 11.5 Å². The fourth-order valence-electron chi connectivity index (χ4n) is 2.00. The van der Waals surface area contributed by atoms with Crippen LogP contribution in [-0.2, 0) is 11.2 Å². The van der Waals surface area contributed by atoms with E-state index in [0.29, 0.717) is 23.7 Å². The summed E-state index contributed by atoms with van der Waals surface area (Å²) in [6.45, 7) is 0.490. The van der Waals surface area contributed by atoms with Crippen molar-refractivity contribution in [2.24, 2.45) is 0 Å². The van der Waals surface area contributed by atoms with Gasteiger partial charge >= 0.3 is 0 Å². The van der Waals surface area contributed by atoms with Gasteiger partial charge in [-0.2, -0.15) is 0 Å². The van der Waals surface area contributed by atoms with Crippen LogP contribution in [0.25, 0.3) is 0 Å². The van der Waals surface area contributed by atoms with Crippen LogP contribution in [0.4, 0.5) is 0 Å². The lowest BCUT2D eigenvalue weighted by atomic mass is 10.1. The van der Waals surface area contributed by atoms with Gasteiger partial charge in [0.25, 0.3) is 5.91 Å². The number of methoxy groups -OCH3 is 1. The summed E-state index contributed by atoms with van der Waals surface area (Å²) in [5.41, 5.74) is 0.958. The van der Waals surface area contributed by atoms with Gasteiger partial charge in [-0.25, -0.2) is 0 Å². The maximum absolute atomic E-state index is 11.7. The van der Waals surface area contributed by atoms with Gasteiger partial charge in [0.15, 0.2) is 6.61 Å². The van der Waals surface area contributed by atoms with Crippen molar-refractivity contribution in [1.82, 2.24) is 5.32 Å². The fraction of sp³-hybridized carbons (Fsp3) is 0.235. The van der Waals surface area contributed by atoms with Crippen molar-refractivity contribution in [2.45, 2.75) is 6.42 Å². The molecule has 1 N–H and O–H groups in total. The summed E-state index contributed by atoms with van der Waals surface area (Å²) in [4.78, 5) is 11.7. The molecule has 0 atom stereocenters. The van der Waals surface area contributed by atoms with E-state index >= 15 is 0 Å². The molecule has 5 heteroatoms. The van der Waals surface area contributed by atoms with E-state index in [0.717, 1.165) is 11.3 Å². The molecule has 22 heavy (non-hydrogen) atoms. The number of para-hydroxylation sites is 1. The molecule has 116 valence electrons. The Bertz CT molecular complexity index is 617. The third-order valence-corrected chi connectivity index (χ3v) is 3.31. The number of benzene rings is 2. The van der Waals surface area contributed by atoms with Crippen LogP contribution >= 0.6 is 11.6 Å². The van der Waals surface area contributed by atoms with Crippen molar-refractivity contribution in [2.75, 3.05) is 20.3 Å². The number of amides is 1. The maximum Gasteiger partial charge on any atom is 0.257 e. The Kier molecular flexibility index (Phi) is 6.10. The largest absolute Gasteiger partial charge is 0.496 e. The summed E-state index contributed by atoms with van der Waals surface area (Å²) in [7, 11) is 1.61. The van der Waals surface area contributed by atoms with Gasteiger partial charge in [0.1, 0.15) is 11.5 Å². The monoisotopic (exact) mass is 319 g/mol. The molecule has 0 saturated carbocycles. The molecule has 0 aliphatic rings. The first-order valence-corrected chi connectivity index (χ1v) is 7.34. The number of ether oxygens (including phenoxy) is 2. The van der Waals surface area contributed by atoms with E-state index in [9.17, 15) is 4.79 Å². The Balaban J connectivity index is 1.76. The highest BCUT2D eigenvalue weighted by Crippen LogP contribution is 2.22. The molecular formula is C17H18ClNO3. The third kappa shape index (κ3) is 4.97. The maximum atomic E-state index is 11.7. The van der Waals surface area contributed by atoms with Gasteiger partial charge in [-0.1, -0.05) is 29.8 Å². The highest BCUT2D eigenvalue weighted by atomic mass is 35.5. The molecule has 2 aromatic carbocycles. The van der Waals surface area contributed by atoms with Gasteiger partial charge in [-0.15, -0.1) is 0 Å². The summed E-state index contributed by atoms with van der Waals surface area (Å²) in [5, 5.41) is 3.46. The highest BCUT2D eigenvalue weighted by molar-refractivity contribution is 6.30. The van der Waals surface area contributed by atoms with Crippen molar-refractivity contribution in [3.63, 3.8) is 0 Å². The SMILES string of the molecule is COc1ccc(Cl)cc1CCNC(=O)COc1ccccc1. The molecule has 0 aromatic heterocycles. The van der Waals surface area contributed by atoms with E-state index in [2.05, 4.69) is 5.32 Å². The van der Waals surface area contributed by atoms with Gasteiger partial charge in [-0.05, 0) is 42.3 Å². The molecule has 0 radical (unpaired) electrons. The zero-order valence-electron chi connectivity index (χ0n) is 12.3. The smallest absolute Gasteiger partial charge is 0.257 e. The topological polar surface area (TPSA) is 47.6 Å². The quantitative estimate of drug-likeness (QED) is 0.853. The van der Waals surface area contributed by atoms with Gasteiger partial charge in [0.05, 0.1) is 7.11 Å². The number of carbonyl (C=O) groups excluding carboxylic acids is 1. The second-order valence-corrected chi connectivity index (χ2v) is 5.09. The average Bonchev–Trinajstić information content (AvgIpc) is 2.54. The molecule has 0 saturated heterocycles. The minimum atomic E-state index is -0.162. The van der Waals surface area contributed by atoms with Crippen LogP contribution < -0.4 is 14.8 Å². The van der Waals surface area contributed by atoms with Crippen LogP contribution in [-0.4, -0.2) is 26.2 Å². The molecule has 0 bridgehead atoms. The zero-order valence-corrected chi connectivity index (χ0v) is 13.1. The van der Waals surface area contributed by atoms with Gasteiger partial charge in [0.2, 0.25) is 0 Å². The summed E-state index contributed by atoms with van der Waals surface area (Å²) in [6.07, 6.45) is 0.640. The summed E-state index contributed by atoms with van der Waals surface area (Å²) >= 11 is 5.97. The standard InChI is InChI=1S/C17H18ClNO3/c1-21-16-8-7-14(18)11-13(16)9-10-19-17(20)12-22-15-5-3-2-4-6-15/h2-8,11H,9-10,12H2,1H3,(H,19,20). The zero-order chi connectivity index (χ0) is 15.8. The van der Waals surface area contributed by atoms with Crippen LogP contribution in [0.15, 0.2) is 48.5 Å². The Morgan fingerprint density at radius 3 is 2.68 bits per heavy atom. The first kappa shape index (κ1) is 16.2. The first-order chi connectivity index (χ1) is 10.7. The number of hydrogen-bond donors (Lipinski definition) is 1. The van der Waals surface area contributed by atoms with Crippen LogP contribution in [0.1, 0.15) is 5.56 Å². The van der Waals surface area contributed by atoms with Crippen molar-refractivity contribution >= 4 is 17.5 Å². The van der Waals surface area contributed by atoms with Crippen LogP contribution in [0.2, 0.25) is 5.02 Å². The lowest BCUT2D eigenvalue weighted by Gasteiger charge is -2.10. The molecule has 0 heterocycles. The predicted octanol–water partition coefficient (Wildman–Crippen LogP) is 3.09. The van der Waals surface area contributed by atoms with Crippen LogP contribution in [0.5, 0.6) is 11.5 Å². The summed E-state index contributed by atoms with van der Waals surface area (Å²) < 4.78 is 10.6. The Hall–Kier alpha value is -2.20. The van der Waals surface area contributed by atoms with E-state index in [4.69, 9.17) is 21.1 Å². The Morgan fingerprint density at radius 1 is 1.18 bits per heavy atom. The second kappa shape index (κ2) is 8.29. The van der Waals surface area contributed by atoms with Crippen LogP contribution in [0, 0.1) is 0 Å². The lowest BCUT2D eigenvalue weighted by molar-refractivity contribution is -0.123. The predicted molar refractivity (Wildman–Crippen MR) is 86.7 cm³/mol. The molecule has 0 spiro atoms. The Labute approximate surface area is 135 Å². The molecule has 0 fully saturated rings. The first-order valence-electron chi connectivity index (χ1n) is 6.96. The second-order valence-electron chi connectivity index (χ2n) is 4.66. The summed E-state index contributed by atoms with van der Waals surface area (Å²) in [5.74, 6) is 1.28. The van der Waals surface area contributed by atoms with E-state index in [1.807, 2.05) is 42.5 Å². The summed E-state index contributed by atoms with van der Waals surface area (Å²) in [6, 6.07) is 14.7. The van der Waals surface area contributed by atoms with Gasteiger partial charge in [0, 0.05) is 11.6 Å². The number of carbonyl (C=O) groups is 1. The van der Waals surface area contributed by atoms with E-state index in [-0.39, 0.29) is 12.5 Å². The Morgan fingerprint density at radius 2 is 1.95 bits per heavy atom. The van der Waals surface area contributed by atoms with Crippen molar-refractivity contribution in [1.29, 1.82) is 0 Å². The molecule has 1 amide bonds. The van der Waals surface area contributed by atoms with Gasteiger partial charge < -0.3 is 14.8 Å². The molecule has 4 nitrogen and oxygen atoms in total. The van der Waals surface area contributed by atoms with Crippen LogP contribution in [0.3, 0.4) is 0 Å². The van der Waals surface area contributed by atoms with Crippen molar-refractivity contribution in [3.05, 3.63) is 59.1 Å². The average molecular weight is 320 g/mol. The number of hydrogen-bond acceptors (Lipinski definition) is 3. The van der Waals surface area contributed by atoms with E-state index in [1.54, 1.807) is 13.2 Å².